The molecule has 5 heteroatoms. The van der Waals surface area contributed by atoms with Gasteiger partial charge in [0.15, 0.2) is 0 Å². The average Bonchev–Trinajstić information content (AvgIpc) is 3.05. The minimum absolute atomic E-state index is 0.171. The second-order valence-electron chi connectivity index (χ2n) is 8.56. The minimum Gasteiger partial charge on any atom is -0.490 e. The third kappa shape index (κ3) is 4.88. The maximum atomic E-state index is 8.20. The van der Waals surface area contributed by atoms with Crippen molar-refractivity contribution in [2.24, 2.45) is 5.92 Å². The zero-order valence-electron chi connectivity index (χ0n) is 17.9. The Bertz CT molecular complexity index is 737. The van der Waals surface area contributed by atoms with Gasteiger partial charge >= 0.3 is 0 Å². The van der Waals surface area contributed by atoms with E-state index in [0.29, 0.717) is 19.2 Å². The molecule has 1 aliphatic carbocycles. The van der Waals surface area contributed by atoms with E-state index in [2.05, 4.69) is 32.0 Å². The number of methoxy groups -OCH3 is 1. The Balaban J connectivity index is 1.60. The van der Waals surface area contributed by atoms with Crippen molar-refractivity contribution in [3.05, 3.63) is 35.1 Å². The third-order valence-corrected chi connectivity index (χ3v) is 5.87. The first-order valence-electron chi connectivity index (χ1n) is 10.4. The van der Waals surface area contributed by atoms with Crippen LogP contribution in [0.4, 0.5) is 0 Å². The molecule has 2 aliphatic rings. The van der Waals surface area contributed by atoms with Gasteiger partial charge in [-0.1, -0.05) is 19.9 Å². The van der Waals surface area contributed by atoms with Gasteiger partial charge in [0.2, 0.25) is 0 Å². The Morgan fingerprint density at radius 1 is 1.32 bits per heavy atom. The van der Waals surface area contributed by atoms with Crippen molar-refractivity contribution >= 4 is 12.1 Å². The van der Waals surface area contributed by atoms with Gasteiger partial charge in [0.25, 0.3) is 6.02 Å². The van der Waals surface area contributed by atoms with Gasteiger partial charge < -0.3 is 19.1 Å². The fourth-order valence-electron chi connectivity index (χ4n) is 3.95. The summed E-state index contributed by atoms with van der Waals surface area (Å²) < 4.78 is 17.5. The van der Waals surface area contributed by atoms with Crippen molar-refractivity contribution in [1.29, 1.82) is 5.41 Å². The van der Waals surface area contributed by atoms with Gasteiger partial charge in [-0.3, -0.25) is 5.41 Å². The molecule has 1 aliphatic heterocycles. The van der Waals surface area contributed by atoms with Crippen LogP contribution >= 0.6 is 0 Å². The van der Waals surface area contributed by atoms with E-state index in [1.54, 1.807) is 7.11 Å². The van der Waals surface area contributed by atoms with Crippen LogP contribution in [0.3, 0.4) is 0 Å². The molecular formula is C23H34N2O3. The number of allylic oxidation sites excluding steroid dienone is 1. The molecule has 2 unspecified atom stereocenters. The quantitative estimate of drug-likeness (QED) is 0.425. The number of nitrogens with one attached hydrogen (secondary N) is 1. The van der Waals surface area contributed by atoms with Crippen molar-refractivity contribution in [2.75, 3.05) is 20.2 Å². The summed E-state index contributed by atoms with van der Waals surface area (Å²) in [5.74, 6) is 2.52. The molecule has 1 aromatic carbocycles. The first-order valence-corrected chi connectivity index (χ1v) is 10.4. The number of hydrogen-bond acceptors (Lipinski definition) is 4. The zero-order valence-corrected chi connectivity index (χ0v) is 17.9. The lowest BCUT2D eigenvalue weighted by Crippen LogP contribution is -2.62. The lowest BCUT2D eigenvalue weighted by molar-refractivity contribution is -0.0896. The van der Waals surface area contributed by atoms with Crippen molar-refractivity contribution in [3.8, 4) is 5.75 Å². The number of hydrogen-bond donors (Lipinski definition) is 1. The van der Waals surface area contributed by atoms with Gasteiger partial charge in [0, 0.05) is 13.5 Å². The predicted molar refractivity (Wildman–Crippen MR) is 113 cm³/mol. The number of likely N-dealkylation sites (tertiary alicyclic amines) is 1. The number of rotatable bonds is 6. The highest BCUT2D eigenvalue weighted by Gasteiger charge is 2.41. The number of aryl methyl sites for hydroxylation is 1. The van der Waals surface area contributed by atoms with Crippen molar-refractivity contribution in [3.63, 3.8) is 0 Å². The van der Waals surface area contributed by atoms with E-state index in [1.807, 2.05) is 24.8 Å². The summed E-state index contributed by atoms with van der Waals surface area (Å²) >= 11 is 0. The molecular weight excluding hydrogens is 352 g/mol. The van der Waals surface area contributed by atoms with E-state index in [4.69, 9.17) is 19.6 Å². The third-order valence-electron chi connectivity index (χ3n) is 5.87. The highest BCUT2D eigenvalue weighted by atomic mass is 16.5. The van der Waals surface area contributed by atoms with Gasteiger partial charge in [-0.05, 0) is 68.4 Å². The number of nitrogens with zero attached hydrogens (tertiary/aromatic N) is 1. The number of amidine groups is 1. The van der Waals surface area contributed by atoms with E-state index in [-0.39, 0.29) is 11.6 Å². The molecule has 3 rings (SSSR count). The zero-order chi connectivity index (χ0) is 20.3. The van der Waals surface area contributed by atoms with Crippen molar-refractivity contribution < 1.29 is 14.2 Å². The Labute approximate surface area is 169 Å². The molecule has 1 N–H and O–H groups in total. The average molecular weight is 387 g/mol. The van der Waals surface area contributed by atoms with Gasteiger partial charge in [-0.2, -0.15) is 0 Å². The van der Waals surface area contributed by atoms with Gasteiger partial charge in [-0.25, -0.2) is 0 Å². The fraction of sp³-hybridized carbons (Fsp3) is 0.609. The lowest BCUT2D eigenvalue weighted by Gasteiger charge is -2.47. The largest absolute Gasteiger partial charge is 0.490 e. The summed E-state index contributed by atoms with van der Waals surface area (Å²) in [4.78, 5) is 1.89. The summed E-state index contributed by atoms with van der Waals surface area (Å²) in [5, 5.41) is 8.20. The van der Waals surface area contributed by atoms with E-state index in [0.717, 1.165) is 47.8 Å². The van der Waals surface area contributed by atoms with Crippen LogP contribution in [-0.2, 0) is 9.47 Å². The number of benzene rings is 1. The summed E-state index contributed by atoms with van der Waals surface area (Å²) in [6, 6.07) is 6.44. The molecule has 1 heterocycles. The van der Waals surface area contributed by atoms with Crippen molar-refractivity contribution in [1.82, 2.24) is 4.90 Å². The normalized spacial score (nSPS) is 24.0. The molecule has 2 fully saturated rings. The molecule has 1 saturated carbocycles. The van der Waals surface area contributed by atoms with Crippen LogP contribution in [0.5, 0.6) is 5.75 Å². The lowest BCUT2D eigenvalue weighted by atomic mass is 9.97. The van der Waals surface area contributed by atoms with Crippen LogP contribution in [0, 0.1) is 18.3 Å². The highest BCUT2D eigenvalue weighted by molar-refractivity contribution is 5.74. The Kier molecular flexibility index (Phi) is 6.33. The van der Waals surface area contributed by atoms with Crippen LogP contribution in [0.15, 0.2) is 24.0 Å². The summed E-state index contributed by atoms with van der Waals surface area (Å²) in [6.07, 6.45) is 6.65. The summed E-state index contributed by atoms with van der Waals surface area (Å²) in [7, 11) is 1.71. The molecule has 2 atom stereocenters. The van der Waals surface area contributed by atoms with Crippen LogP contribution in [0.2, 0.25) is 0 Å². The molecule has 154 valence electrons. The Morgan fingerprint density at radius 3 is 2.64 bits per heavy atom. The molecule has 0 spiro atoms. The maximum Gasteiger partial charge on any atom is 0.289 e. The van der Waals surface area contributed by atoms with Crippen molar-refractivity contribution in [2.45, 2.75) is 65.1 Å². The second-order valence-corrected chi connectivity index (χ2v) is 8.56. The molecule has 0 bridgehead atoms. The van der Waals surface area contributed by atoms with Gasteiger partial charge in [0.1, 0.15) is 17.1 Å². The van der Waals surface area contributed by atoms with E-state index in [1.165, 1.54) is 6.42 Å². The van der Waals surface area contributed by atoms with Crippen LogP contribution in [-0.4, -0.2) is 42.8 Å². The standard InChI is InChI=1S/C23H34N2O3/c1-6-19(28-22(24)25-14-23(4,15-25)26-5)13-18-8-10-21(17(3)12-18)27-20-9-7-16(2)11-20/h8,10,12-13,16,20,24H,6-7,9,11,14-15H2,1-5H3/b19-13+,24-22?. The smallest absolute Gasteiger partial charge is 0.289 e. The Morgan fingerprint density at radius 2 is 2.07 bits per heavy atom. The molecule has 1 saturated heterocycles. The summed E-state index contributed by atoms with van der Waals surface area (Å²) in [6.45, 7) is 9.84. The van der Waals surface area contributed by atoms with Crippen LogP contribution < -0.4 is 4.74 Å². The molecule has 0 amide bonds. The van der Waals surface area contributed by atoms with Crippen LogP contribution in [0.1, 0.15) is 57.6 Å². The monoisotopic (exact) mass is 386 g/mol. The predicted octanol–water partition coefficient (Wildman–Crippen LogP) is 4.99. The van der Waals surface area contributed by atoms with E-state index < -0.39 is 0 Å². The molecule has 1 aromatic rings. The van der Waals surface area contributed by atoms with Gasteiger partial charge in [0.05, 0.1) is 19.2 Å². The molecule has 28 heavy (non-hydrogen) atoms. The highest BCUT2D eigenvalue weighted by Crippen LogP contribution is 2.31. The van der Waals surface area contributed by atoms with E-state index >= 15 is 0 Å². The summed E-state index contributed by atoms with van der Waals surface area (Å²) in [5.41, 5.74) is 2.03. The van der Waals surface area contributed by atoms with Gasteiger partial charge in [-0.15, -0.1) is 0 Å². The Hall–Kier alpha value is -2.01. The first-order chi connectivity index (χ1) is 13.3. The maximum absolute atomic E-state index is 8.20. The molecule has 0 aromatic heterocycles. The number of ether oxygens (including phenoxy) is 3. The minimum atomic E-state index is -0.171. The molecule has 5 nitrogen and oxygen atoms in total. The SMILES string of the molecule is CC/C(=C\c1ccc(OC2CCC(C)C2)c(C)c1)OC(=N)N1CC(C)(OC)C1. The second kappa shape index (κ2) is 8.56. The topological polar surface area (TPSA) is 54.8 Å². The van der Waals surface area contributed by atoms with Crippen LogP contribution in [0.25, 0.3) is 6.08 Å². The van der Waals surface area contributed by atoms with E-state index in [9.17, 15) is 0 Å². The molecule has 0 radical (unpaired) electrons. The first kappa shape index (κ1) is 20.7. The fourth-order valence-corrected chi connectivity index (χ4v) is 3.95.